The van der Waals surface area contributed by atoms with Crippen LogP contribution in [0.25, 0.3) is 10.9 Å². The number of anilines is 1. The predicted molar refractivity (Wildman–Crippen MR) is 75.4 cm³/mol. The topological polar surface area (TPSA) is 43.8 Å². The second-order valence-electron chi connectivity index (χ2n) is 4.83. The minimum Gasteiger partial charge on any atom is -0.383 e. The van der Waals surface area contributed by atoms with Crippen molar-refractivity contribution in [3.8, 4) is 0 Å². The van der Waals surface area contributed by atoms with Crippen LogP contribution in [0, 0.1) is 0 Å². The van der Waals surface area contributed by atoms with Gasteiger partial charge in [0.05, 0.1) is 5.52 Å². The molecule has 17 heavy (non-hydrogen) atoms. The maximum absolute atomic E-state index is 5.98. The zero-order valence-electron chi connectivity index (χ0n) is 10.4. The van der Waals surface area contributed by atoms with Gasteiger partial charge in [0.25, 0.3) is 0 Å². The Morgan fingerprint density at radius 1 is 1.24 bits per heavy atom. The van der Waals surface area contributed by atoms with Gasteiger partial charge >= 0.3 is 0 Å². The van der Waals surface area contributed by atoms with E-state index in [-0.39, 0.29) is 7.43 Å². The van der Waals surface area contributed by atoms with Gasteiger partial charge in [0, 0.05) is 23.8 Å². The summed E-state index contributed by atoms with van der Waals surface area (Å²) < 4.78 is 2.27. The Balaban J connectivity index is 0.00000144. The molecule has 0 amide bonds. The molecule has 0 aliphatic heterocycles. The van der Waals surface area contributed by atoms with Gasteiger partial charge in [-0.25, -0.2) is 4.98 Å². The highest BCUT2D eigenvalue weighted by atomic mass is 15.0. The highest BCUT2D eigenvalue weighted by molar-refractivity contribution is 5.92. The molecule has 0 aliphatic rings. The van der Waals surface area contributed by atoms with Gasteiger partial charge < -0.3 is 10.3 Å². The van der Waals surface area contributed by atoms with Gasteiger partial charge in [-0.2, -0.15) is 0 Å². The summed E-state index contributed by atoms with van der Waals surface area (Å²) in [5.41, 5.74) is 8.46. The quantitative estimate of drug-likeness (QED) is 0.853. The summed E-state index contributed by atoms with van der Waals surface area (Å²) >= 11 is 0. The maximum Gasteiger partial charge on any atom is 0.133 e. The number of nitrogens with zero attached hydrogens (tertiary/aromatic N) is 2. The molecule has 2 aromatic heterocycles. The van der Waals surface area contributed by atoms with Gasteiger partial charge in [0.15, 0.2) is 0 Å². The highest BCUT2D eigenvalue weighted by Crippen LogP contribution is 2.32. The Labute approximate surface area is 104 Å². The Morgan fingerprint density at radius 2 is 1.88 bits per heavy atom. The summed E-state index contributed by atoms with van der Waals surface area (Å²) in [6.07, 6.45) is 3.98. The lowest BCUT2D eigenvalue weighted by Crippen LogP contribution is -1.98. The molecule has 0 bridgehead atoms. The fourth-order valence-electron chi connectivity index (χ4n) is 2.13. The second kappa shape index (κ2) is 4.78. The molecule has 0 fully saturated rings. The number of nitrogens with two attached hydrogens (primary N) is 1. The third-order valence-electron chi connectivity index (χ3n) is 2.98. The molecule has 0 spiro atoms. The monoisotopic (exact) mass is 233 g/mol. The summed E-state index contributed by atoms with van der Waals surface area (Å²) in [5, 5.41) is 1.12. The third-order valence-corrected chi connectivity index (χ3v) is 2.98. The van der Waals surface area contributed by atoms with Crippen molar-refractivity contribution >= 4 is 16.7 Å². The van der Waals surface area contributed by atoms with E-state index in [2.05, 4.69) is 43.4 Å². The van der Waals surface area contributed by atoms with Crippen LogP contribution in [0.4, 0.5) is 5.82 Å². The first-order valence-electron chi connectivity index (χ1n) is 5.77. The molecule has 2 heterocycles. The summed E-state index contributed by atoms with van der Waals surface area (Å²) in [6, 6.07) is 2.48. The van der Waals surface area contributed by atoms with Crippen molar-refractivity contribution in [3.63, 3.8) is 0 Å². The molecule has 2 N–H and O–H groups in total. The lowest BCUT2D eigenvalue weighted by atomic mass is 10.0. The molecule has 3 heteroatoms. The van der Waals surface area contributed by atoms with Crippen LogP contribution in [0.3, 0.4) is 0 Å². The van der Waals surface area contributed by atoms with Crippen LogP contribution < -0.4 is 5.73 Å². The van der Waals surface area contributed by atoms with Gasteiger partial charge in [0.2, 0.25) is 0 Å². The summed E-state index contributed by atoms with van der Waals surface area (Å²) in [4.78, 5) is 4.19. The SMILES string of the molecule is C.CC(C)c1cn(C(C)C)c2ccnc(N)c12. The van der Waals surface area contributed by atoms with Gasteiger partial charge in [-0.1, -0.05) is 21.3 Å². The van der Waals surface area contributed by atoms with Crippen LogP contribution in [0.15, 0.2) is 18.5 Å². The van der Waals surface area contributed by atoms with Gasteiger partial charge in [-0.15, -0.1) is 0 Å². The van der Waals surface area contributed by atoms with Crippen molar-refractivity contribution in [1.29, 1.82) is 0 Å². The number of pyridine rings is 1. The first kappa shape index (κ1) is 13.6. The van der Waals surface area contributed by atoms with E-state index in [0.29, 0.717) is 17.8 Å². The van der Waals surface area contributed by atoms with Crippen LogP contribution in [0.5, 0.6) is 0 Å². The first-order chi connectivity index (χ1) is 7.52. The lowest BCUT2D eigenvalue weighted by molar-refractivity contribution is 0.619. The van der Waals surface area contributed by atoms with Gasteiger partial charge in [0.1, 0.15) is 5.82 Å². The number of rotatable bonds is 2. The highest BCUT2D eigenvalue weighted by Gasteiger charge is 2.15. The third kappa shape index (κ3) is 2.14. The van der Waals surface area contributed by atoms with E-state index < -0.39 is 0 Å². The van der Waals surface area contributed by atoms with E-state index >= 15 is 0 Å². The lowest BCUT2D eigenvalue weighted by Gasteiger charge is -2.08. The number of fused-ring (bicyclic) bond motifs is 1. The molecule has 0 saturated carbocycles. The molecule has 2 aromatic rings. The predicted octanol–water partition coefficient (Wildman–Crippen LogP) is 3.96. The average molecular weight is 233 g/mol. The fraction of sp³-hybridized carbons (Fsp3) is 0.500. The van der Waals surface area contributed by atoms with Crippen molar-refractivity contribution in [3.05, 3.63) is 24.0 Å². The molecule has 2 rings (SSSR count). The molecule has 0 atom stereocenters. The molecule has 0 saturated heterocycles. The van der Waals surface area contributed by atoms with E-state index in [1.807, 2.05) is 6.07 Å². The number of hydrogen-bond acceptors (Lipinski definition) is 2. The van der Waals surface area contributed by atoms with Crippen LogP contribution >= 0.6 is 0 Å². The van der Waals surface area contributed by atoms with E-state index in [9.17, 15) is 0 Å². The summed E-state index contributed by atoms with van der Waals surface area (Å²) in [6.45, 7) is 8.73. The van der Waals surface area contributed by atoms with Crippen LogP contribution in [0.2, 0.25) is 0 Å². The molecule has 0 aliphatic carbocycles. The zero-order chi connectivity index (χ0) is 11.9. The molecular weight excluding hydrogens is 210 g/mol. The number of nitrogen functional groups attached to an aromatic ring is 1. The van der Waals surface area contributed by atoms with Crippen molar-refractivity contribution in [2.75, 3.05) is 5.73 Å². The molecule has 0 radical (unpaired) electrons. The molecule has 3 nitrogen and oxygen atoms in total. The van der Waals surface area contributed by atoms with Crippen molar-refractivity contribution < 1.29 is 0 Å². The molecule has 0 aromatic carbocycles. The van der Waals surface area contributed by atoms with E-state index in [1.54, 1.807) is 6.20 Å². The normalized spacial score (nSPS) is 11.2. The van der Waals surface area contributed by atoms with Crippen LogP contribution in [0.1, 0.15) is 52.6 Å². The minimum absolute atomic E-state index is 0. The Hall–Kier alpha value is -1.51. The van der Waals surface area contributed by atoms with E-state index in [4.69, 9.17) is 5.73 Å². The first-order valence-corrected chi connectivity index (χ1v) is 5.77. The summed E-state index contributed by atoms with van der Waals surface area (Å²) in [5.74, 6) is 1.11. The smallest absolute Gasteiger partial charge is 0.133 e. The van der Waals surface area contributed by atoms with Gasteiger partial charge in [-0.05, 0) is 31.4 Å². The van der Waals surface area contributed by atoms with E-state index in [1.165, 1.54) is 11.1 Å². The van der Waals surface area contributed by atoms with Gasteiger partial charge in [-0.3, -0.25) is 0 Å². The van der Waals surface area contributed by atoms with Crippen molar-refractivity contribution in [2.24, 2.45) is 0 Å². The molecular formula is C14H23N3. The average Bonchev–Trinajstić information content (AvgIpc) is 2.58. The Bertz CT molecular complexity index is 509. The van der Waals surface area contributed by atoms with Crippen LogP contribution in [-0.2, 0) is 0 Å². The maximum atomic E-state index is 5.98. The van der Waals surface area contributed by atoms with Crippen LogP contribution in [-0.4, -0.2) is 9.55 Å². The summed E-state index contributed by atoms with van der Waals surface area (Å²) in [7, 11) is 0. The fourth-order valence-corrected chi connectivity index (χ4v) is 2.13. The largest absolute Gasteiger partial charge is 0.383 e. The minimum atomic E-state index is 0. The standard InChI is InChI=1S/C13H19N3.CH4/c1-8(2)10-7-16(9(3)4)11-5-6-15-13(14)12(10)11;/h5-9H,1-4H3,(H2,14,15);1H4. The van der Waals surface area contributed by atoms with Crippen molar-refractivity contribution in [2.45, 2.75) is 47.1 Å². The second-order valence-corrected chi connectivity index (χ2v) is 4.83. The Morgan fingerprint density at radius 3 is 2.41 bits per heavy atom. The van der Waals surface area contributed by atoms with Crippen molar-refractivity contribution in [1.82, 2.24) is 9.55 Å². The number of hydrogen-bond donors (Lipinski definition) is 1. The molecule has 0 unspecified atom stereocenters. The molecule has 94 valence electrons. The number of aromatic nitrogens is 2. The zero-order valence-corrected chi connectivity index (χ0v) is 10.4. The Kier molecular flexibility index (Phi) is 3.81. The van der Waals surface area contributed by atoms with E-state index in [0.717, 1.165) is 5.39 Å².